The van der Waals surface area contributed by atoms with Crippen LogP contribution in [0.1, 0.15) is 0 Å². The molecule has 0 fully saturated rings. The molecule has 0 radical (unpaired) electrons. The lowest BCUT2D eigenvalue weighted by Crippen LogP contribution is -2.02. The van der Waals surface area contributed by atoms with Crippen molar-refractivity contribution in [1.29, 1.82) is 0 Å². The van der Waals surface area contributed by atoms with E-state index in [9.17, 15) is 13.2 Å². The Morgan fingerprint density at radius 3 is 2.11 bits per heavy atom. The lowest BCUT2D eigenvalue weighted by Gasteiger charge is -1.99. The van der Waals surface area contributed by atoms with Gasteiger partial charge in [-0.2, -0.15) is 13.2 Å². The molecule has 0 saturated heterocycles. The van der Waals surface area contributed by atoms with E-state index in [4.69, 9.17) is 11.6 Å². The molecule has 0 rings (SSSR count). The summed E-state index contributed by atoms with van der Waals surface area (Å²) in [5, 5.41) is -0.664. The topological polar surface area (TPSA) is 9.23 Å². The van der Waals surface area contributed by atoms with Gasteiger partial charge in [-0.3, -0.25) is 0 Å². The zero-order valence-corrected chi connectivity index (χ0v) is 5.25. The van der Waals surface area contributed by atoms with Crippen molar-refractivity contribution in [2.45, 2.75) is 6.18 Å². The van der Waals surface area contributed by atoms with Gasteiger partial charge in [0.2, 0.25) is 0 Å². The Morgan fingerprint density at radius 2 is 2.00 bits per heavy atom. The van der Waals surface area contributed by atoms with E-state index in [0.717, 1.165) is 7.11 Å². The first kappa shape index (κ1) is 8.62. The van der Waals surface area contributed by atoms with E-state index in [1.807, 2.05) is 0 Å². The SMILES string of the molecule is CO/C(Cl)=C\C(F)(F)F. The predicted molar refractivity (Wildman–Crippen MR) is 27.0 cm³/mol. The molecule has 0 amide bonds. The molecule has 0 spiro atoms. The van der Waals surface area contributed by atoms with Gasteiger partial charge in [0.25, 0.3) is 0 Å². The van der Waals surface area contributed by atoms with Gasteiger partial charge in [0.1, 0.15) is 0 Å². The monoisotopic (exact) mass is 160 g/mol. The van der Waals surface area contributed by atoms with E-state index in [2.05, 4.69) is 4.74 Å². The van der Waals surface area contributed by atoms with Gasteiger partial charge in [0.15, 0.2) is 5.22 Å². The molecular weight excluding hydrogens is 156 g/mol. The molecule has 0 aromatic rings. The van der Waals surface area contributed by atoms with E-state index in [1.165, 1.54) is 0 Å². The summed E-state index contributed by atoms with van der Waals surface area (Å²) in [6, 6.07) is 0. The van der Waals surface area contributed by atoms with Crippen molar-refractivity contribution in [2.24, 2.45) is 0 Å². The van der Waals surface area contributed by atoms with Gasteiger partial charge in [-0.1, -0.05) is 0 Å². The zero-order valence-electron chi connectivity index (χ0n) is 4.50. The molecule has 0 unspecified atom stereocenters. The van der Waals surface area contributed by atoms with Crippen molar-refractivity contribution in [3.63, 3.8) is 0 Å². The summed E-state index contributed by atoms with van der Waals surface area (Å²) in [5.41, 5.74) is 0. The Bertz CT molecular complexity index is 117. The summed E-state index contributed by atoms with van der Waals surface area (Å²) < 4.78 is 37.8. The molecule has 0 heterocycles. The fourth-order valence-corrected chi connectivity index (χ4v) is 0.311. The quantitative estimate of drug-likeness (QED) is 0.535. The van der Waals surface area contributed by atoms with E-state index in [1.54, 1.807) is 0 Å². The third-order valence-corrected chi connectivity index (χ3v) is 0.736. The van der Waals surface area contributed by atoms with E-state index in [-0.39, 0.29) is 6.08 Å². The lowest BCUT2D eigenvalue weighted by molar-refractivity contribution is -0.0817. The van der Waals surface area contributed by atoms with Gasteiger partial charge in [-0.25, -0.2) is 0 Å². The van der Waals surface area contributed by atoms with Crippen molar-refractivity contribution >= 4 is 11.6 Å². The second kappa shape index (κ2) is 2.96. The number of halogens is 4. The Hall–Kier alpha value is -0.380. The van der Waals surface area contributed by atoms with Crippen molar-refractivity contribution < 1.29 is 17.9 Å². The summed E-state index contributed by atoms with van der Waals surface area (Å²) in [6.45, 7) is 0. The molecule has 5 heteroatoms. The Kier molecular flexibility index (Phi) is 2.84. The average molecular weight is 161 g/mol. The molecule has 0 saturated carbocycles. The van der Waals surface area contributed by atoms with Crippen LogP contribution >= 0.6 is 11.6 Å². The lowest BCUT2D eigenvalue weighted by atomic mass is 10.6. The first-order chi connectivity index (χ1) is 3.95. The standard InChI is InChI=1S/C4H4ClF3O/c1-9-3(5)2-4(6,7)8/h2H,1H3/b3-2-. The minimum Gasteiger partial charge on any atom is -0.486 e. The number of hydrogen-bond acceptors (Lipinski definition) is 1. The highest BCUT2D eigenvalue weighted by atomic mass is 35.5. The van der Waals surface area contributed by atoms with Gasteiger partial charge < -0.3 is 4.74 Å². The summed E-state index contributed by atoms with van der Waals surface area (Å²) >= 11 is 4.87. The predicted octanol–water partition coefficient (Wildman–Crippen LogP) is 2.28. The van der Waals surface area contributed by atoms with Crippen LogP contribution in [0.25, 0.3) is 0 Å². The van der Waals surface area contributed by atoms with Crippen LogP contribution in [-0.4, -0.2) is 13.3 Å². The molecule has 0 aliphatic heterocycles. The second-order valence-electron chi connectivity index (χ2n) is 1.19. The first-order valence-corrected chi connectivity index (χ1v) is 2.32. The van der Waals surface area contributed by atoms with Gasteiger partial charge in [0, 0.05) is 0 Å². The van der Waals surface area contributed by atoms with Crippen LogP contribution in [-0.2, 0) is 4.74 Å². The molecule has 0 aromatic heterocycles. The molecular formula is C4H4ClF3O. The Labute approximate surface area is 55.1 Å². The number of rotatable bonds is 1. The summed E-state index contributed by atoms with van der Waals surface area (Å²) in [4.78, 5) is 0. The fraction of sp³-hybridized carbons (Fsp3) is 0.500. The molecule has 0 N–H and O–H groups in total. The number of methoxy groups -OCH3 is 1. The van der Waals surface area contributed by atoms with Crippen LogP contribution in [0.4, 0.5) is 13.2 Å². The smallest absolute Gasteiger partial charge is 0.414 e. The maximum absolute atomic E-state index is 11.3. The van der Waals surface area contributed by atoms with Crippen LogP contribution in [0.3, 0.4) is 0 Å². The highest BCUT2D eigenvalue weighted by Crippen LogP contribution is 2.19. The highest BCUT2D eigenvalue weighted by molar-refractivity contribution is 6.28. The third kappa shape index (κ3) is 5.49. The number of alkyl halides is 3. The third-order valence-electron chi connectivity index (χ3n) is 0.472. The molecule has 0 aliphatic carbocycles. The molecule has 0 aliphatic rings. The molecule has 0 aromatic carbocycles. The molecule has 54 valence electrons. The fourth-order valence-electron chi connectivity index (χ4n) is 0.188. The van der Waals surface area contributed by atoms with Crippen LogP contribution in [0.2, 0.25) is 0 Å². The maximum atomic E-state index is 11.3. The second-order valence-corrected chi connectivity index (χ2v) is 1.57. The minimum absolute atomic E-state index is 0.130. The summed E-state index contributed by atoms with van der Waals surface area (Å²) in [6.07, 6.45) is -4.53. The number of allylic oxidation sites excluding steroid dienone is 1. The van der Waals surface area contributed by atoms with Crippen molar-refractivity contribution in [2.75, 3.05) is 7.11 Å². The summed E-state index contributed by atoms with van der Waals surface area (Å²) in [5.74, 6) is 0. The number of ether oxygens (including phenoxy) is 1. The van der Waals surface area contributed by atoms with E-state index in [0.29, 0.717) is 0 Å². The normalized spacial score (nSPS) is 13.7. The van der Waals surface area contributed by atoms with Crippen LogP contribution in [0, 0.1) is 0 Å². The first-order valence-electron chi connectivity index (χ1n) is 1.95. The maximum Gasteiger partial charge on any atom is 0.414 e. The Balaban J connectivity index is 3.95. The molecule has 9 heavy (non-hydrogen) atoms. The van der Waals surface area contributed by atoms with Crippen molar-refractivity contribution in [3.8, 4) is 0 Å². The average Bonchev–Trinajstić information content (AvgIpc) is 1.62. The highest BCUT2D eigenvalue weighted by Gasteiger charge is 2.24. The van der Waals surface area contributed by atoms with E-state index >= 15 is 0 Å². The molecule has 1 nitrogen and oxygen atoms in total. The zero-order chi connectivity index (χ0) is 7.49. The molecule has 0 bridgehead atoms. The van der Waals surface area contributed by atoms with Gasteiger partial charge in [0.05, 0.1) is 13.2 Å². The van der Waals surface area contributed by atoms with Gasteiger partial charge in [-0.15, -0.1) is 0 Å². The van der Waals surface area contributed by atoms with Crippen LogP contribution < -0.4 is 0 Å². The largest absolute Gasteiger partial charge is 0.486 e. The van der Waals surface area contributed by atoms with Crippen molar-refractivity contribution in [1.82, 2.24) is 0 Å². The number of hydrogen-bond donors (Lipinski definition) is 0. The minimum atomic E-state index is -4.40. The van der Waals surface area contributed by atoms with Crippen molar-refractivity contribution in [3.05, 3.63) is 11.3 Å². The molecule has 0 atom stereocenters. The summed E-state index contributed by atoms with van der Waals surface area (Å²) in [7, 11) is 1.06. The Morgan fingerprint density at radius 1 is 1.56 bits per heavy atom. The van der Waals surface area contributed by atoms with Gasteiger partial charge in [-0.05, 0) is 11.6 Å². The van der Waals surface area contributed by atoms with Crippen LogP contribution in [0.5, 0.6) is 0 Å². The van der Waals surface area contributed by atoms with E-state index < -0.39 is 11.4 Å². The van der Waals surface area contributed by atoms with Crippen LogP contribution in [0.15, 0.2) is 11.3 Å². The van der Waals surface area contributed by atoms with Gasteiger partial charge >= 0.3 is 6.18 Å².